The van der Waals surface area contributed by atoms with Gasteiger partial charge in [0, 0.05) is 5.92 Å². The molecule has 6 nitrogen and oxygen atoms in total. The van der Waals surface area contributed by atoms with Gasteiger partial charge in [-0.1, -0.05) is 48.4 Å². The van der Waals surface area contributed by atoms with Crippen LogP contribution in [0.3, 0.4) is 0 Å². The first-order chi connectivity index (χ1) is 10.2. The highest BCUT2D eigenvalue weighted by Gasteiger charge is 2.37. The zero-order chi connectivity index (χ0) is 14.7. The first kappa shape index (κ1) is 13.7. The highest BCUT2D eigenvalue weighted by molar-refractivity contribution is 5.71. The summed E-state index contributed by atoms with van der Waals surface area (Å²) < 4.78 is 0. The summed E-state index contributed by atoms with van der Waals surface area (Å²) >= 11 is 0. The third-order valence-corrected chi connectivity index (χ3v) is 4.08. The van der Waals surface area contributed by atoms with Crippen LogP contribution in [-0.2, 0) is 11.2 Å². The Labute approximate surface area is 122 Å². The monoisotopic (exact) mass is 286 g/mol. The molecule has 1 heterocycles. The Morgan fingerprint density at radius 2 is 2.10 bits per heavy atom. The molecule has 3 rings (SSSR count). The molecule has 1 aliphatic carbocycles. The number of aromatic amines is 1. The highest BCUT2D eigenvalue weighted by atomic mass is 16.4. The molecule has 2 atom stereocenters. The molecule has 1 saturated carbocycles. The molecule has 1 aromatic carbocycles. The van der Waals surface area contributed by atoms with E-state index in [9.17, 15) is 9.90 Å². The molecule has 110 valence electrons. The number of carboxylic acids is 1. The Kier molecular flexibility index (Phi) is 3.94. The van der Waals surface area contributed by atoms with Crippen molar-refractivity contribution in [3.05, 3.63) is 41.7 Å². The summed E-state index contributed by atoms with van der Waals surface area (Å²) in [5, 5.41) is 23.7. The molecule has 6 heteroatoms. The molecule has 0 spiro atoms. The molecule has 0 bridgehead atoms. The minimum atomic E-state index is -0.771. The zero-order valence-corrected chi connectivity index (χ0v) is 11.6. The second kappa shape index (κ2) is 6.03. The van der Waals surface area contributed by atoms with Crippen LogP contribution in [0.4, 0.5) is 0 Å². The van der Waals surface area contributed by atoms with Gasteiger partial charge in [-0.05, 0) is 24.3 Å². The Morgan fingerprint density at radius 1 is 1.33 bits per heavy atom. The largest absolute Gasteiger partial charge is 0.481 e. The van der Waals surface area contributed by atoms with Crippen molar-refractivity contribution in [3.8, 4) is 0 Å². The number of carboxylic acid groups (broad SMARTS) is 1. The van der Waals surface area contributed by atoms with Crippen LogP contribution in [0.25, 0.3) is 0 Å². The molecule has 0 amide bonds. The van der Waals surface area contributed by atoms with Gasteiger partial charge >= 0.3 is 5.97 Å². The van der Waals surface area contributed by atoms with Gasteiger partial charge in [0.05, 0.1) is 5.92 Å². The Balaban J connectivity index is 1.85. The molecular formula is C15H18N4O2. The number of hydrogen-bond acceptors (Lipinski definition) is 4. The molecule has 0 radical (unpaired) electrons. The molecule has 1 fully saturated rings. The number of benzene rings is 1. The Bertz CT molecular complexity index is 581. The second-order valence-corrected chi connectivity index (χ2v) is 5.69. The molecule has 2 aromatic rings. The van der Waals surface area contributed by atoms with Crippen LogP contribution in [0.1, 0.15) is 36.6 Å². The molecule has 0 aliphatic heterocycles. The van der Waals surface area contributed by atoms with Crippen molar-refractivity contribution in [1.82, 2.24) is 20.6 Å². The number of hydrogen-bond donors (Lipinski definition) is 2. The fourth-order valence-electron chi connectivity index (χ4n) is 2.76. The van der Waals surface area contributed by atoms with Crippen molar-refractivity contribution in [2.24, 2.45) is 11.8 Å². The summed E-state index contributed by atoms with van der Waals surface area (Å²) in [5.74, 6) is -0.449. The minimum absolute atomic E-state index is 0.246. The van der Waals surface area contributed by atoms with Gasteiger partial charge in [0.15, 0.2) is 5.82 Å². The van der Waals surface area contributed by atoms with Crippen molar-refractivity contribution >= 4 is 5.97 Å². The highest BCUT2D eigenvalue weighted by Crippen LogP contribution is 2.40. The number of aromatic nitrogens is 4. The first-order valence-corrected chi connectivity index (χ1v) is 7.24. The Hall–Kier alpha value is -2.24. The summed E-state index contributed by atoms with van der Waals surface area (Å²) in [6.45, 7) is 0. The predicted octanol–water partition coefficient (Wildman–Crippen LogP) is 2.03. The molecule has 1 aromatic heterocycles. The smallest absolute Gasteiger partial charge is 0.307 e. The van der Waals surface area contributed by atoms with E-state index in [1.54, 1.807) is 0 Å². The van der Waals surface area contributed by atoms with Gasteiger partial charge in [0.2, 0.25) is 0 Å². The zero-order valence-electron chi connectivity index (χ0n) is 11.6. The van der Waals surface area contributed by atoms with Gasteiger partial charge in [-0.15, -0.1) is 10.2 Å². The fraction of sp³-hybridized carbons (Fsp3) is 0.467. The number of H-pyrrole nitrogens is 1. The molecule has 0 unspecified atom stereocenters. The lowest BCUT2D eigenvalue weighted by molar-refractivity contribution is -0.143. The van der Waals surface area contributed by atoms with Crippen LogP contribution in [0.2, 0.25) is 0 Å². The maximum Gasteiger partial charge on any atom is 0.307 e. The average molecular weight is 286 g/mol. The number of rotatable bonds is 7. The maximum absolute atomic E-state index is 11.7. The van der Waals surface area contributed by atoms with Crippen LogP contribution in [0.5, 0.6) is 0 Å². The van der Waals surface area contributed by atoms with E-state index in [1.807, 2.05) is 30.3 Å². The van der Waals surface area contributed by atoms with Crippen LogP contribution in [0, 0.1) is 11.8 Å². The normalized spacial score (nSPS) is 17.3. The third-order valence-electron chi connectivity index (χ3n) is 4.08. The van der Waals surface area contributed by atoms with E-state index in [2.05, 4.69) is 20.6 Å². The molecule has 2 N–H and O–H groups in total. The topological polar surface area (TPSA) is 91.8 Å². The predicted molar refractivity (Wildman–Crippen MR) is 75.5 cm³/mol. The van der Waals surface area contributed by atoms with Gasteiger partial charge in [-0.3, -0.25) is 4.79 Å². The molecular weight excluding hydrogens is 268 g/mol. The van der Waals surface area contributed by atoms with Crippen molar-refractivity contribution < 1.29 is 9.90 Å². The van der Waals surface area contributed by atoms with Gasteiger partial charge in [0.25, 0.3) is 0 Å². The van der Waals surface area contributed by atoms with E-state index in [-0.39, 0.29) is 5.92 Å². The van der Waals surface area contributed by atoms with Crippen LogP contribution < -0.4 is 0 Å². The standard InChI is InChI=1S/C15H18N4O2/c20-15(21)13(9-11-6-7-11)12(14-16-18-19-17-14)8-10-4-2-1-3-5-10/h1-5,11-13H,6-9H2,(H,20,21)(H,16,17,18,19)/t12-,13-/m0/s1. The minimum Gasteiger partial charge on any atom is -0.481 e. The van der Waals surface area contributed by atoms with Gasteiger partial charge < -0.3 is 5.11 Å². The van der Waals surface area contributed by atoms with Crippen molar-refractivity contribution in [1.29, 1.82) is 0 Å². The van der Waals surface area contributed by atoms with Gasteiger partial charge in [-0.2, -0.15) is 5.21 Å². The van der Waals surface area contributed by atoms with Gasteiger partial charge in [0.1, 0.15) is 0 Å². The van der Waals surface area contributed by atoms with Crippen molar-refractivity contribution in [2.75, 3.05) is 0 Å². The van der Waals surface area contributed by atoms with E-state index < -0.39 is 11.9 Å². The molecule has 21 heavy (non-hydrogen) atoms. The number of nitrogens with zero attached hydrogens (tertiary/aromatic N) is 3. The van der Waals surface area contributed by atoms with E-state index in [0.29, 0.717) is 24.6 Å². The number of nitrogens with one attached hydrogen (secondary N) is 1. The summed E-state index contributed by atoms with van der Waals surface area (Å²) in [5.41, 5.74) is 1.09. The lowest BCUT2D eigenvalue weighted by Crippen LogP contribution is -2.25. The number of aliphatic carboxylic acids is 1. The fourth-order valence-corrected chi connectivity index (χ4v) is 2.76. The maximum atomic E-state index is 11.7. The Morgan fingerprint density at radius 3 is 2.67 bits per heavy atom. The van der Waals surface area contributed by atoms with E-state index in [0.717, 1.165) is 18.4 Å². The number of carbonyl (C=O) groups is 1. The first-order valence-electron chi connectivity index (χ1n) is 7.24. The van der Waals surface area contributed by atoms with Crippen molar-refractivity contribution in [2.45, 2.75) is 31.6 Å². The molecule has 1 aliphatic rings. The van der Waals surface area contributed by atoms with E-state index >= 15 is 0 Å². The lowest BCUT2D eigenvalue weighted by Gasteiger charge is -2.21. The summed E-state index contributed by atoms with van der Waals surface area (Å²) in [6, 6.07) is 9.87. The summed E-state index contributed by atoms with van der Waals surface area (Å²) in [4.78, 5) is 11.7. The van der Waals surface area contributed by atoms with Crippen LogP contribution in [-0.4, -0.2) is 31.7 Å². The summed E-state index contributed by atoms with van der Waals surface area (Å²) in [6.07, 6.45) is 3.58. The van der Waals surface area contributed by atoms with Crippen molar-refractivity contribution in [3.63, 3.8) is 0 Å². The quantitative estimate of drug-likeness (QED) is 0.812. The van der Waals surface area contributed by atoms with E-state index in [4.69, 9.17) is 0 Å². The second-order valence-electron chi connectivity index (χ2n) is 5.69. The summed E-state index contributed by atoms with van der Waals surface area (Å²) in [7, 11) is 0. The average Bonchev–Trinajstić information content (AvgIpc) is 3.14. The molecule has 0 saturated heterocycles. The third kappa shape index (κ3) is 3.45. The van der Waals surface area contributed by atoms with E-state index in [1.165, 1.54) is 0 Å². The van der Waals surface area contributed by atoms with Crippen LogP contribution in [0.15, 0.2) is 30.3 Å². The van der Waals surface area contributed by atoms with Gasteiger partial charge in [-0.25, -0.2) is 0 Å². The SMILES string of the molecule is O=C(O)[C@@H](CC1CC1)[C@H](Cc1ccccc1)c1nn[nH]n1. The lowest BCUT2D eigenvalue weighted by atomic mass is 9.83. The number of tetrazole rings is 1. The van der Waals surface area contributed by atoms with Crippen LogP contribution >= 0.6 is 0 Å².